The fourth-order valence-corrected chi connectivity index (χ4v) is 4.01. The summed E-state index contributed by atoms with van der Waals surface area (Å²) in [4.78, 5) is 24.4. The van der Waals surface area contributed by atoms with Crippen LogP contribution in [0.1, 0.15) is 38.1 Å². The number of ketones is 1. The molecule has 0 fully saturated rings. The topological polar surface area (TPSA) is 72.8 Å². The summed E-state index contributed by atoms with van der Waals surface area (Å²) in [5, 5.41) is 10.3. The van der Waals surface area contributed by atoms with Crippen LogP contribution in [0.2, 0.25) is 0 Å². The molecule has 6 heteroatoms. The number of halogens is 1. The molecule has 2 unspecified atom stereocenters. The first-order valence-corrected chi connectivity index (χ1v) is 10.5. The summed E-state index contributed by atoms with van der Waals surface area (Å²) in [6.45, 7) is 7.98. The van der Waals surface area contributed by atoms with Gasteiger partial charge in [-0.2, -0.15) is 0 Å². The normalized spacial score (nSPS) is 22.3. The van der Waals surface area contributed by atoms with Gasteiger partial charge in [0.15, 0.2) is 5.78 Å². The lowest BCUT2D eigenvalue weighted by Gasteiger charge is -2.41. The van der Waals surface area contributed by atoms with E-state index in [4.69, 9.17) is 9.47 Å². The number of ether oxygens (including phenoxy) is 2. The number of carboxylic acid groups (broad SMARTS) is 1. The van der Waals surface area contributed by atoms with Gasteiger partial charge in [-0.1, -0.05) is 27.6 Å². The first kappa shape index (κ1) is 23.1. The zero-order chi connectivity index (χ0) is 21.8. The molecule has 0 saturated carbocycles. The molecular formula is C23H27BrO5. The van der Waals surface area contributed by atoms with Gasteiger partial charge in [0.1, 0.15) is 5.75 Å². The maximum Gasteiger partial charge on any atom is 0.335 e. The second kappa shape index (κ2) is 9.55. The number of carbonyl (C=O) groups is 2. The third kappa shape index (κ3) is 4.70. The van der Waals surface area contributed by atoms with Crippen molar-refractivity contribution < 1.29 is 24.2 Å². The molecule has 2 atom stereocenters. The van der Waals surface area contributed by atoms with Gasteiger partial charge in [0, 0.05) is 23.4 Å². The van der Waals surface area contributed by atoms with Crippen molar-refractivity contribution in [2.45, 2.75) is 33.8 Å². The standard InChI is InChI=1S/C23H27BrO5/c1-14-16(3)23(4,21(28-5)15(2)20(14)22(26)27)11-10-19(25)17-6-8-18(9-7-17)29-13-12-24/h6-11,21H,12-13H2,1-5H3,(H,26,27). The maximum absolute atomic E-state index is 12.7. The van der Waals surface area contributed by atoms with Crippen LogP contribution in [0.25, 0.3) is 0 Å². The number of allylic oxidation sites excluding steroid dienone is 1. The molecule has 0 spiro atoms. The Bertz CT molecular complexity index is 879. The predicted octanol–water partition coefficient (Wildman–Crippen LogP) is 4.97. The molecule has 2 rings (SSSR count). The van der Waals surface area contributed by atoms with Gasteiger partial charge < -0.3 is 14.6 Å². The highest BCUT2D eigenvalue weighted by atomic mass is 79.9. The molecule has 1 aromatic carbocycles. The molecule has 0 amide bonds. The van der Waals surface area contributed by atoms with Crippen LogP contribution in [-0.4, -0.2) is 42.0 Å². The van der Waals surface area contributed by atoms with Crippen molar-refractivity contribution >= 4 is 27.7 Å². The molecular weight excluding hydrogens is 436 g/mol. The average molecular weight is 463 g/mol. The van der Waals surface area contributed by atoms with Crippen LogP contribution in [0.4, 0.5) is 0 Å². The van der Waals surface area contributed by atoms with E-state index in [0.717, 1.165) is 10.9 Å². The van der Waals surface area contributed by atoms with Crippen molar-refractivity contribution in [3.63, 3.8) is 0 Å². The van der Waals surface area contributed by atoms with E-state index in [1.807, 2.05) is 19.9 Å². The molecule has 29 heavy (non-hydrogen) atoms. The molecule has 0 aromatic heterocycles. The summed E-state index contributed by atoms with van der Waals surface area (Å²) in [7, 11) is 1.56. The highest BCUT2D eigenvalue weighted by Crippen LogP contribution is 2.45. The number of aliphatic carboxylic acids is 1. The number of hydrogen-bond acceptors (Lipinski definition) is 4. The summed E-state index contributed by atoms with van der Waals surface area (Å²) in [5.41, 5.74) is 2.43. The van der Waals surface area contributed by atoms with Crippen molar-refractivity contribution in [2.75, 3.05) is 19.0 Å². The SMILES string of the molecule is COC1C(C)=C(C(=O)O)C(C)=C(C)C1(C)C=CC(=O)c1ccc(OCCBr)cc1. The van der Waals surface area contributed by atoms with Crippen LogP contribution in [0.5, 0.6) is 5.75 Å². The smallest absolute Gasteiger partial charge is 0.335 e. The minimum absolute atomic E-state index is 0.135. The van der Waals surface area contributed by atoms with E-state index < -0.39 is 17.5 Å². The molecule has 5 nitrogen and oxygen atoms in total. The molecule has 0 bridgehead atoms. The fourth-order valence-electron chi connectivity index (χ4n) is 3.84. The van der Waals surface area contributed by atoms with Gasteiger partial charge in [0.2, 0.25) is 0 Å². The van der Waals surface area contributed by atoms with Crippen molar-refractivity contribution in [1.82, 2.24) is 0 Å². The predicted molar refractivity (Wildman–Crippen MR) is 117 cm³/mol. The molecule has 156 valence electrons. The van der Waals surface area contributed by atoms with Crippen LogP contribution < -0.4 is 4.74 Å². The van der Waals surface area contributed by atoms with Crippen molar-refractivity contribution in [2.24, 2.45) is 5.41 Å². The molecule has 1 N–H and O–H groups in total. The molecule has 1 aliphatic rings. The number of hydrogen-bond donors (Lipinski definition) is 1. The quantitative estimate of drug-likeness (QED) is 0.335. The Morgan fingerprint density at radius 2 is 1.83 bits per heavy atom. The first-order chi connectivity index (χ1) is 13.7. The Morgan fingerprint density at radius 1 is 1.21 bits per heavy atom. The van der Waals surface area contributed by atoms with E-state index >= 15 is 0 Å². The third-order valence-electron chi connectivity index (χ3n) is 5.59. The van der Waals surface area contributed by atoms with Gasteiger partial charge in [0.05, 0.1) is 18.3 Å². The third-order valence-corrected chi connectivity index (χ3v) is 5.92. The van der Waals surface area contributed by atoms with Gasteiger partial charge >= 0.3 is 5.97 Å². The van der Waals surface area contributed by atoms with Crippen molar-refractivity contribution in [3.05, 3.63) is 64.3 Å². The minimum Gasteiger partial charge on any atom is -0.493 e. The molecule has 1 aromatic rings. The average Bonchev–Trinajstić information content (AvgIpc) is 2.69. The molecule has 1 aliphatic carbocycles. The van der Waals surface area contributed by atoms with E-state index in [0.29, 0.717) is 29.1 Å². The van der Waals surface area contributed by atoms with Crippen LogP contribution in [0.15, 0.2) is 58.7 Å². The second-order valence-corrected chi connectivity index (χ2v) is 8.06. The summed E-state index contributed by atoms with van der Waals surface area (Å²) >= 11 is 3.31. The Balaban J connectivity index is 2.32. The van der Waals surface area contributed by atoms with Gasteiger partial charge in [-0.3, -0.25) is 4.79 Å². The van der Waals surface area contributed by atoms with Gasteiger partial charge in [-0.25, -0.2) is 4.79 Å². The van der Waals surface area contributed by atoms with Crippen molar-refractivity contribution in [1.29, 1.82) is 0 Å². The number of benzene rings is 1. The van der Waals surface area contributed by atoms with Crippen LogP contribution >= 0.6 is 15.9 Å². The zero-order valence-corrected chi connectivity index (χ0v) is 19.0. The van der Waals surface area contributed by atoms with Gasteiger partial charge in [-0.05, 0) is 69.2 Å². The minimum atomic E-state index is -0.967. The highest BCUT2D eigenvalue weighted by molar-refractivity contribution is 9.09. The van der Waals surface area contributed by atoms with E-state index in [-0.39, 0.29) is 11.4 Å². The molecule has 0 heterocycles. The molecule has 0 saturated heterocycles. The lowest BCUT2D eigenvalue weighted by Crippen LogP contribution is -2.39. The first-order valence-electron chi connectivity index (χ1n) is 9.35. The lowest BCUT2D eigenvalue weighted by molar-refractivity contribution is -0.132. The Kier molecular flexibility index (Phi) is 7.60. The highest BCUT2D eigenvalue weighted by Gasteiger charge is 2.42. The van der Waals surface area contributed by atoms with E-state index in [9.17, 15) is 14.7 Å². The van der Waals surface area contributed by atoms with E-state index in [1.54, 1.807) is 45.2 Å². The van der Waals surface area contributed by atoms with E-state index in [1.165, 1.54) is 6.08 Å². The summed E-state index contributed by atoms with van der Waals surface area (Å²) in [6, 6.07) is 7.00. The Morgan fingerprint density at radius 3 is 2.34 bits per heavy atom. The number of carbonyl (C=O) groups excluding carboxylic acids is 1. The Hall–Kier alpha value is -2.18. The van der Waals surface area contributed by atoms with Crippen molar-refractivity contribution in [3.8, 4) is 5.75 Å². The fraction of sp³-hybridized carbons (Fsp3) is 0.391. The summed E-state index contributed by atoms with van der Waals surface area (Å²) < 4.78 is 11.2. The zero-order valence-electron chi connectivity index (χ0n) is 17.4. The number of rotatable bonds is 8. The second-order valence-electron chi connectivity index (χ2n) is 7.27. The molecule has 0 aliphatic heterocycles. The van der Waals surface area contributed by atoms with Crippen LogP contribution in [-0.2, 0) is 9.53 Å². The molecule has 0 radical (unpaired) electrons. The Labute approximate surface area is 180 Å². The number of alkyl halides is 1. The van der Waals surface area contributed by atoms with Gasteiger partial charge in [0.25, 0.3) is 0 Å². The number of carboxylic acids is 1. The monoisotopic (exact) mass is 462 g/mol. The summed E-state index contributed by atoms with van der Waals surface area (Å²) in [5.74, 6) is -0.394. The van der Waals surface area contributed by atoms with Crippen LogP contribution in [0.3, 0.4) is 0 Å². The van der Waals surface area contributed by atoms with Gasteiger partial charge in [-0.15, -0.1) is 0 Å². The van der Waals surface area contributed by atoms with E-state index in [2.05, 4.69) is 15.9 Å². The number of methoxy groups -OCH3 is 1. The maximum atomic E-state index is 12.7. The van der Waals surface area contributed by atoms with Crippen LogP contribution in [0, 0.1) is 5.41 Å². The largest absolute Gasteiger partial charge is 0.493 e. The lowest BCUT2D eigenvalue weighted by atomic mass is 9.67. The summed E-state index contributed by atoms with van der Waals surface area (Å²) in [6.07, 6.45) is 2.89.